The Morgan fingerprint density at radius 1 is 1.24 bits per heavy atom. The number of urea groups is 1. The van der Waals surface area contributed by atoms with Gasteiger partial charge < -0.3 is 10.2 Å². The highest BCUT2D eigenvalue weighted by Crippen LogP contribution is 2.32. The lowest BCUT2D eigenvalue weighted by atomic mass is 10.0. The van der Waals surface area contributed by atoms with Gasteiger partial charge in [0.1, 0.15) is 6.04 Å². The second-order valence-corrected chi connectivity index (χ2v) is 5.62. The molecule has 1 fully saturated rings. The fourth-order valence-electron chi connectivity index (χ4n) is 2.28. The minimum Gasteiger partial charge on any atom is -0.312 e. The van der Waals surface area contributed by atoms with Crippen molar-refractivity contribution in [3.8, 4) is 0 Å². The Hall–Kier alpha value is -1.14. The molecule has 3 nitrogen and oxygen atoms in total. The Morgan fingerprint density at radius 2 is 1.95 bits per heavy atom. The van der Waals surface area contributed by atoms with Gasteiger partial charge in [-0.25, -0.2) is 4.79 Å². The molecule has 1 N–H and O–H groups in total. The number of carbonyl (C=O) groups is 1. The third kappa shape index (κ3) is 3.95. The second-order valence-electron chi connectivity index (χ2n) is 4.81. The van der Waals surface area contributed by atoms with E-state index in [9.17, 15) is 18.0 Å². The number of nitrogens with one attached hydrogen (secondary N) is 1. The predicted octanol–water partition coefficient (Wildman–Crippen LogP) is 4.94. The molecule has 1 aliphatic heterocycles. The van der Waals surface area contributed by atoms with Crippen molar-refractivity contribution in [2.45, 2.75) is 31.5 Å². The van der Waals surface area contributed by atoms with E-state index in [0.29, 0.717) is 23.6 Å². The van der Waals surface area contributed by atoms with Crippen LogP contribution in [0.1, 0.15) is 19.3 Å². The molecule has 0 bridgehead atoms. The van der Waals surface area contributed by atoms with Gasteiger partial charge in [0.05, 0.1) is 10.0 Å². The van der Waals surface area contributed by atoms with Gasteiger partial charge in [-0.2, -0.15) is 13.2 Å². The number of amides is 2. The molecule has 8 heteroatoms. The summed E-state index contributed by atoms with van der Waals surface area (Å²) >= 11 is 11.6. The van der Waals surface area contributed by atoms with Gasteiger partial charge in [0.2, 0.25) is 0 Å². The highest BCUT2D eigenvalue weighted by molar-refractivity contribution is 6.42. The maximum absolute atomic E-state index is 12.9. The van der Waals surface area contributed by atoms with E-state index in [4.69, 9.17) is 23.2 Å². The molecule has 1 atom stereocenters. The van der Waals surface area contributed by atoms with Crippen molar-refractivity contribution in [1.29, 1.82) is 0 Å². The highest BCUT2D eigenvalue weighted by atomic mass is 35.5. The van der Waals surface area contributed by atoms with E-state index >= 15 is 0 Å². The minimum absolute atomic E-state index is 0.0711. The summed E-state index contributed by atoms with van der Waals surface area (Å²) in [4.78, 5) is 12.9. The Kier molecular flexibility index (Phi) is 4.88. The third-order valence-electron chi connectivity index (χ3n) is 3.31. The number of anilines is 1. The summed E-state index contributed by atoms with van der Waals surface area (Å²) in [6, 6.07) is 1.83. The number of alkyl halides is 3. The van der Waals surface area contributed by atoms with Crippen molar-refractivity contribution in [3.63, 3.8) is 0 Å². The maximum atomic E-state index is 12.9. The molecule has 1 aromatic carbocycles. The van der Waals surface area contributed by atoms with Gasteiger partial charge in [-0.05, 0) is 37.5 Å². The van der Waals surface area contributed by atoms with Crippen molar-refractivity contribution in [2.75, 3.05) is 11.9 Å². The summed E-state index contributed by atoms with van der Waals surface area (Å²) in [5.41, 5.74) is 0.306. The number of benzene rings is 1. The van der Waals surface area contributed by atoms with Crippen molar-refractivity contribution in [1.82, 2.24) is 4.90 Å². The number of rotatable bonds is 1. The average Bonchev–Trinajstić information content (AvgIpc) is 2.42. The number of halogens is 5. The summed E-state index contributed by atoms with van der Waals surface area (Å²) in [6.45, 7) is 0.0807. The molecule has 1 saturated heterocycles. The zero-order valence-electron chi connectivity index (χ0n) is 10.9. The van der Waals surface area contributed by atoms with Gasteiger partial charge in [-0.15, -0.1) is 0 Å². The highest BCUT2D eigenvalue weighted by Gasteiger charge is 2.46. The topological polar surface area (TPSA) is 32.3 Å². The Labute approximate surface area is 130 Å². The predicted molar refractivity (Wildman–Crippen MR) is 75.9 cm³/mol. The first-order valence-corrected chi connectivity index (χ1v) is 7.14. The van der Waals surface area contributed by atoms with Crippen molar-refractivity contribution in [3.05, 3.63) is 28.2 Å². The lowest BCUT2D eigenvalue weighted by molar-refractivity contribution is -0.181. The molecule has 2 amide bonds. The second kappa shape index (κ2) is 6.32. The van der Waals surface area contributed by atoms with Crippen LogP contribution in [0.5, 0.6) is 0 Å². The fraction of sp³-hybridized carbons (Fsp3) is 0.462. The number of hydrogen-bond acceptors (Lipinski definition) is 1. The summed E-state index contributed by atoms with van der Waals surface area (Å²) < 4.78 is 38.8. The molecule has 21 heavy (non-hydrogen) atoms. The van der Waals surface area contributed by atoms with E-state index in [1.54, 1.807) is 0 Å². The lowest BCUT2D eigenvalue weighted by Crippen LogP contribution is -2.52. The van der Waals surface area contributed by atoms with Gasteiger partial charge in [0.25, 0.3) is 0 Å². The van der Waals surface area contributed by atoms with Crippen molar-refractivity contribution in [2.24, 2.45) is 0 Å². The van der Waals surface area contributed by atoms with Crippen LogP contribution >= 0.6 is 23.2 Å². The number of piperidine rings is 1. The normalized spacial score (nSPS) is 19.5. The average molecular weight is 341 g/mol. The first kappa shape index (κ1) is 16.2. The molecule has 0 spiro atoms. The molecule has 0 radical (unpaired) electrons. The van der Waals surface area contributed by atoms with E-state index < -0.39 is 18.2 Å². The molecule has 0 saturated carbocycles. The third-order valence-corrected chi connectivity index (χ3v) is 4.05. The molecule has 116 valence electrons. The van der Waals surface area contributed by atoms with Crippen LogP contribution in [0.2, 0.25) is 10.0 Å². The smallest absolute Gasteiger partial charge is 0.312 e. The summed E-state index contributed by atoms with van der Waals surface area (Å²) in [5, 5.41) is 2.95. The summed E-state index contributed by atoms with van der Waals surface area (Å²) in [6.07, 6.45) is -3.48. The van der Waals surface area contributed by atoms with Gasteiger partial charge in [-0.1, -0.05) is 23.2 Å². The number of carbonyl (C=O) groups excluding carboxylic acids is 1. The maximum Gasteiger partial charge on any atom is 0.408 e. The molecule has 0 aliphatic carbocycles. The van der Waals surface area contributed by atoms with Gasteiger partial charge >= 0.3 is 12.2 Å². The van der Waals surface area contributed by atoms with Crippen LogP contribution < -0.4 is 5.32 Å². The largest absolute Gasteiger partial charge is 0.408 e. The molecule has 2 rings (SSSR count). The Bertz CT molecular complexity index is 537. The zero-order valence-corrected chi connectivity index (χ0v) is 12.4. The Morgan fingerprint density at radius 3 is 2.57 bits per heavy atom. The van der Waals surface area contributed by atoms with E-state index in [1.807, 2.05) is 0 Å². The molecule has 1 aromatic rings. The van der Waals surface area contributed by atoms with E-state index in [1.165, 1.54) is 18.2 Å². The van der Waals surface area contributed by atoms with Crippen LogP contribution in [-0.4, -0.2) is 29.7 Å². The fourth-order valence-corrected chi connectivity index (χ4v) is 2.58. The van der Waals surface area contributed by atoms with E-state index in [-0.39, 0.29) is 18.0 Å². The SMILES string of the molecule is O=C(Nc1ccc(Cl)c(Cl)c1)N1CCCCC1C(F)(F)F. The Balaban J connectivity index is 2.12. The van der Waals surface area contributed by atoms with Crippen LogP contribution in [0, 0.1) is 0 Å². The summed E-state index contributed by atoms with van der Waals surface area (Å²) in [5.74, 6) is 0. The minimum atomic E-state index is -4.42. The van der Waals surface area contributed by atoms with E-state index in [0.717, 1.165) is 4.90 Å². The zero-order chi connectivity index (χ0) is 15.6. The van der Waals surface area contributed by atoms with Crippen LogP contribution in [0.15, 0.2) is 18.2 Å². The number of likely N-dealkylation sites (tertiary alicyclic amines) is 1. The molecular formula is C13H13Cl2F3N2O. The van der Waals surface area contributed by atoms with Crippen LogP contribution in [0.25, 0.3) is 0 Å². The molecule has 1 heterocycles. The molecular weight excluding hydrogens is 328 g/mol. The molecule has 1 unspecified atom stereocenters. The van der Waals surface area contributed by atoms with Crippen LogP contribution in [0.4, 0.5) is 23.7 Å². The lowest BCUT2D eigenvalue weighted by Gasteiger charge is -2.36. The monoisotopic (exact) mass is 340 g/mol. The first-order chi connectivity index (χ1) is 9.79. The number of nitrogens with zero attached hydrogens (tertiary/aromatic N) is 1. The van der Waals surface area contributed by atoms with Gasteiger partial charge in [-0.3, -0.25) is 0 Å². The van der Waals surface area contributed by atoms with Crippen molar-refractivity contribution >= 4 is 34.9 Å². The first-order valence-electron chi connectivity index (χ1n) is 6.38. The van der Waals surface area contributed by atoms with Crippen LogP contribution in [0.3, 0.4) is 0 Å². The van der Waals surface area contributed by atoms with Gasteiger partial charge in [0.15, 0.2) is 0 Å². The van der Waals surface area contributed by atoms with Gasteiger partial charge in [0, 0.05) is 12.2 Å². The van der Waals surface area contributed by atoms with Crippen LogP contribution in [-0.2, 0) is 0 Å². The van der Waals surface area contributed by atoms with Crippen molar-refractivity contribution < 1.29 is 18.0 Å². The quantitative estimate of drug-likeness (QED) is 0.771. The summed E-state index contributed by atoms with van der Waals surface area (Å²) in [7, 11) is 0. The molecule has 1 aliphatic rings. The molecule has 0 aromatic heterocycles. The standard InChI is InChI=1S/C13H13Cl2F3N2O/c14-9-5-4-8(7-10(9)15)19-12(21)20-6-2-1-3-11(20)13(16,17)18/h4-5,7,11H,1-3,6H2,(H,19,21). The number of hydrogen-bond donors (Lipinski definition) is 1. The van der Waals surface area contributed by atoms with E-state index in [2.05, 4.69) is 5.32 Å².